The Morgan fingerprint density at radius 2 is 1.85 bits per heavy atom. The molecule has 4 nitrogen and oxygen atoms in total. The molecular weight excluding hydrogens is 348 g/mol. The standard InChI is InChI=1S/C21H19ClN2O2/c22-18-7-1-5-16(10-18)20(17-6-2-8-19(25)11-17)12-21(26)24-14-15-4-3-9-23-13-15/h1-11,13,20,25H,12,14H2,(H,24,26). The Morgan fingerprint density at radius 1 is 1.08 bits per heavy atom. The van der Waals surface area contributed by atoms with Crippen LogP contribution in [0.15, 0.2) is 73.1 Å². The van der Waals surface area contributed by atoms with E-state index in [-0.39, 0.29) is 24.0 Å². The van der Waals surface area contributed by atoms with E-state index in [0.717, 1.165) is 16.7 Å². The van der Waals surface area contributed by atoms with Crippen LogP contribution in [0.4, 0.5) is 0 Å². The molecule has 0 saturated heterocycles. The Morgan fingerprint density at radius 3 is 2.54 bits per heavy atom. The molecule has 5 heteroatoms. The average molecular weight is 367 g/mol. The average Bonchev–Trinajstić information content (AvgIpc) is 2.65. The second-order valence-corrected chi connectivity index (χ2v) is 6.48. The van der Waals surface area contributed by atoms with Gasteiger partial charge in [-0.3, -0.25) is 9.78 Å². The summed E-state index contributed by atoms with van der Waals surface area (Å²) >= 11 is 6.13. The zero-order valence-electron chi connectivity index (χ0n) is 14.1. The number of hydrogen-bond donors (Lipinski definition) is 2. The zero-order valence-corrected chi connectivity index (χ0v) is 14.9. The van der Waals surface area contributed by atoms with Crippen molar-refractivity contribution >= 4 is 17.5 Å². The van der Waals surface area contributed by atoms with Gasteiger partial charge in [-0.2, -0.15) is 0 Å². The summed E-state index contributed by atoms with van der Waals surface area (Å²) in [6.45, 7) is 0.426. The van der Waals surface area contributed by atoms with Gasteiger partial charge in [-0.1, -0.05) is 41.9 Å². The van der Waals surface area contributed by atoms with E-state index in [4.69, 9.17) is 11.6 Å². The van der Waals surface area contributed by atoms with Gasteiger partial charge in [-0.05, 0) is 47.0 Å². The molecule has 0 bridgehead atoms. The fourth-order valence-electron chi connectivity index (χ4n) is 2.85. The number of benzene rings is 2. The van der Waals surface area contributed by atoms with Gasteiger partial charge in [-0.25, -0.2) is 0 Å². The van der Waals surface area contributed by atoms with Crippen molar-refractivity contribution in [3.05, 3.63) is 94.8 Å². The largest absolute Gasteiger partial charge is 0.508 e. The monoisotopic (exact) mass is 366 g/mol. The molecule has 3 rings (SSSR count). The number of phenolic OH excluding ortho intramolecular Hbond substituents is 1. The van der Waals surface area contributed by atoms with Crippen molar-refractivity contribution in [3.63, 3.8) is 0 Å². The number of rotatable bonds is 6. The molecule has 0 saturated carbocycles. The molecule has 1 atom stereocenters. The highest BCUT2D eigenvalue weighted by Gasteiger charge is 2.19. The molecule has 0 aliphatic rings. The first-order valence-electron chi connectivity index (χ1n) is 8.32. The zero-order chi connectivity index (χ0) is 18.4. The van der Waals surface area contributed by atoms with Crippen LogP contribution in [-0.4, -0.2) is 16.0 Å². The van der Waals surface area contributed by atoms with Gasteiger partial charge in [0.15, 0.2) is 0 Å². The predicted molar refractivity (Wildman–Crippen MR) is 102 cm³/mol. The molecule has 1 unspecified atom stereocenters. The number of nitrogens with zero attached hydrogens (tertiary/aromatic N) is 1. The number of aromatic nitrogens is 1. The number of aromatic hydroxyl groups is 1. The quantitative estimate of drug-likeness (QED) is 0.684. The molecule has 26 heavy (non-hydrogen) atoms. The molecule has 0 fully saturated rings. The lowest BCUT2D eigenvalue weighted by molar-refractivity contribution is -0.121. The highest BCUT2D eigenvalue weighted by atomic mass is 35.5. The summed E-state index contributed by atoms with van der Waals surface area (Å²) in [5.41, 5.74) is 2.74. The molecule has 3 aromatic rings. The van der Waals surface area contributed by atoms with Crippen LogP contribution >= 0.6 is 11.6 Å². The topological polar surface area (TPSA) is 62.2 Å². The molecule has 0 spiro atoms. The predicted octanol–water partition coefficient (Wildman–Crippen LogP) is 4.28. The minimum Gasteiger partial charge on any atom is -0.508 e. The summed E-state index contributed by atoms with van der Waals surface area (Å²) in [7, 11) is 0. The molecule has 2 aromatic carbocycles. The number of phenols is 1. The van der Waals surface area contributed by atoms with Crippen LogP contribution in [0.2, 0.25) is 5.02 Å². The lowest BCUT2D eigenvalue weighted by Crippen LogP contribution is -2.25. The van der Waals surface area contributed by atoms with Gasteiger partial charge in [0, 0.05) is 36.3 Å². The highest BCUT2D eigenvalue weighted by molar-refractivity contribution is 6.30. The van der Waals surface area contributed by atoms with Gasteiger partial charge in [0.2, 0.25) is 5.91 Å². The van der Waals surface area contributed by atoms with Gasteiger partial charge < -0.3 is 10.4 Å². The SMILES string of the molecule is O=C(CC(c1cccc(O)c1)c1cccc(Cl)c1)NCc1cccnc1. The Labute approximate surface area is 157 Å². The minimum atomic E-state index is -0.199. The lowest BCUT2D eigenvalue weighted by atomic mass is 9.88. The number of hydrogen-bond acceptors (Lipinski definition) is 3. The maximum atomic E-state index is 12.5. The first-order chi connectivity index (χ1) is 12.6. The van der Waals surface area contributed by atoms with E-state index in [0.29, 0.717) is 11.6 Å². The molecule has 0 aliphatic heterocycles. The van der Waals surface area contributed by atoms with Crippen molar-refractivity contribution in [1.82, 2.24) is 10.3 Å². The second-order valence-electron chi connectivity index (χ2n) is 6.04. The maximum Gasteiger partial charge on any atom is 0.221 e. The highest BCUT2D eigenvalue weighted by Crippen LogP contribution is 2.31. The van der Waals surface area contributed by atoms with Gasteiger partial charge in [-0.15, -0.1) is 0 Å². The van der Waals surface area contributed by atoms with E-state index in [1.807, 2.05) is 36.4 Å². The van der Waals surface area contributed by atoms with Gasteiger partial charge in [0.1, 0.15) is 5.75 Å². The molecule has 1 amide bonds. The third-order valence-corrected chi connectivity index (χ3v) is 4.36. The first-order valence-corrected chi connectivity index (χ1v) is 8.69. The van der Waals surface area contributed by atoms with Crippen molar-refractivity contribution < 1.29 is 9.90 Å². The van der Waals surface area contributed by atoms with Crippen molar-refractivity contribution in [2.24, 2.45) is 0 Å². The van der Waals surface area contributed by atoms with Crippen LogP contribution in [-0.2, 0) is 11.3 Å². The molecule has 0 radical (unpaired) electrons. The third kappa shape index (κ3) is 4.83. The van der Waals surface area contributed by atoms with Crippen molar-refractivity contribution in [2.45, 2.75) is 18.9 Å². The van der Waals surface area contributed by atoms with Gasteiger partial charge in [0.25, 0.3) is 0 Å². The fraction of sp³-hybridized carbons (Fsp3) is 0.143. The number of pyridine rings is 1. The van der Waals surface area contributed by atoms with E-state index in [1.54, 1.807) is 36.7 Å². The molecular formula is C21H19ClN2O2. The van der Waals surface area contributed by atoms with E-state index in [9.17, 15) is 9.90 Å². The Kier molecular flexibility index (Phi) is 5.87. The number of halogens is 1. The molecule has 2 N–H and O–H groups in total. The summed E-state index contributed by atoms with van der Waals surface area (Å²) in [6.07, 6.45) is 3.68. The smallest absolute Gasteiger partial charge is 0.221 e. The van der Waals surface area contributed by atoms with E-state index < -0.39 is 0 Å². The Hall–Kier alpha value is -2.85. The van der Waals surface area contributed by atoms with Gasteiger partial charge in [0.05, 0.1) is 0 Å². The van der Waals surface area contributed by atoms with Gasteiger partial charge >= 0.3 is 0 Å². The molecule has 0 aliphatic carbocycles. The van der Waals surface area contributed by atoms with Crippen LogP contribution in [0.25, 0.3) is 0 Å². The first kappa shape index (κ1) is 18.0. The molecule has 1 heterocycles. The summed E-state index contributed by atoms with van der Waals surface area (Å²) in [6, 6.07) is 18.2. The second kappa shape index (κ2) is 8.50. The van der Waals surface area contributed by atoms with Crippen molar-refractivity contribution in [1.29, 1.82) is 0 Å². The van der Waals surface area contributed by atoms with Crippen molar-refractivity contribution in [2.75, 3.05) is 0 Å². The van der Waals surface area contributed by atoms with E-state index in [2.05, 4.69) is 10.3 Å². The number of nitrogens with one attached hydrogen (secondary N) is 1. The fourth-order valence-corrected chi connectivity index (χ4v) is 3.05. The minimum absolute atomic E-state index is 0.0813. The number of carbonyl (C=O) groups excluding carboxylic acids is 1. The third-order valence-electron chi connectivity index (χ3n) is 4.13. The van der Waals surface area contributed by atoms with E-state index >= 15 is 0 Å². The van der Waals surface area contributed by atoms with Crippen LogP contribution in [0.5, 0.6) is 5.75 Å². The van der Waals surface area contributed by atoms with E-state index in [1.165, 1.54) is 0 Å². The van der Waals surface area contributed by atoms with Crippen LogP contribution < -0.4 is 5.32 Å². The van der Waals surface area contributed by atoms with Crippen LogP contribution in [0.3, 0.4) is 0 Å². The molecule has 1 aromatic heterocycles. The summed E-state index contributed by atoms with van der Waals surface area (Å²) in [4.78, 5) is 16.6. The lowest BCUT2D eigenvalue weighted by Gasteiger charge is -2.18. The normalized spacial score (nSPS) is 11.7. The summed E-state index contributed by atoms with van der Waals surface area (Å²) in [5.74, 6) is -0.109. The number of amides is 1. The Balaban J connectivity index is 1.78. The van der Waals surface area contributed by atoms with Crippen LogP contribution in [0, 0.1) is 0 Å². The number of carbonyl (C=O) groups is 1. The van der Waals surface area contributed by atoms with Crippen molar-refractivity contribution in [3.8, 4) is 5.75 Å². The maximum absolute atomic E-state index is 12.5. The Bertz CT molecular complexity index is 838. The summed E-state index contributed by atoms with van der Waals surface area (Å²) in [5, 5.41) is 13.4. The molecule has 132 valence electrons. The summed E-state index contributed by atoms with van der Waals surface area (Å²) < 4.78 is 0. The van der Waals surface area contributed by atoms with Crippen LogP contribution in [0.1, 0.15) is 29.0 Å².